The van der Waals surface area contributed by atoms with Gasteiger partial charge < -0.3 is 4.74 Å². The van der Waals surface area contributed by atoms with Gasteiger partial charge in [0.2, 0.25) is 5.28 Å². The molecule has 0 aliphatic heterocycles. The van der Waals surface area contributed by atoms with Crippen LogP contribution in [-0.4, -0.2) is 9.97 Å². The van der Waals surface area contributed by atoms with Gasteiger partial charge in [-0.1, -0.05) is 46.3 Å². The fourth-order valence-electron chi connectivity index (χ4n) is 2.74. The molecule has 5 heteroatoms. The summed E-state index contributed by atoms with van der Waals surface area (Å²) < 4.78 is 6.82. The zero-order valence-corrected chi connectivity index (χ0v) is 16.0. The van der Waals surface area contributed by atoms with Crippen molar-refractivity contribution in [2.24, 2.45) is 0 Å². The van der Waals surface area contributed by atoms with Crippen LogP contribution in [0.3, 0.4) is 0 Å². The van der Waals surface area contributed by atoms with E-state index in [0.29, 0.717) is 6.61 Å². The number of hydrogen-bond donors (Lipinski definition) is 0. The number of hydrogen-bond acceptors (Lipinski definition) is 3. The molecular formula is C21H14BrClN2O. The summed E-state index contributed by atoms with van der Waals surface area (Å²) in [4.78, 5) is 8.72. The van der Waals surface area contributed by atoms with Crippen LogP contribution in [0.2, 0.25) is 5.28 Å². The number of aromatic nitrogens is 2. The van der Waals surface area contributed by atoms with E-state index in [4.69, 9.17) is 16.3 Å². The molecule has 4 aromatic rings. The van der Waals surface area contributed by atoms with Gasteiger partial charge in [-0.25, -0.2) is 9.97 Å². The molecule has 128 valence electrons. The Morgan fingerprint density at radius 1 is 0.885 bits per heavy atom. The quantitative estimate of drug-likeness (QED) is 0.360. The highest BCUT2D eigenvalue weighted by molar-refractivity contribution is 9.10. The average molecular weight is 426 g/mol. The van der Waals surface area contributed by atoms with E-state index in [0.717, 1.165) is 37.9 Å². The van der Waals surface area contributed by atoms with Crippen LogP contribution < -0.4 is 4.74 Å². The van der Waals surface area contributed by atoms with Crippen LogP contribution in [-0.2, 0) is 6.61 Å². The maximum Gasteiger partial charge on any atom is 0.223 e. The van der Waals surface area contributed by atoms with Crippen molar-refractivity contribution in [2.45, 2.75) is 6.61 Å². The molecule has 0 unspecified atom stereocenters. The second-order valence-corrected chi connectivity index (χ2v) is 7.06. The SMILES string of the molecule is Clc1nc(-c2ccc(OCc3ccccc3)cc2)c2cc(Br)ccc2n1. The van der Waals surface area contributed by atoms with E-state index < -0.39 is 0 Å². The summed E-state index contributed by atoms with van der Waals surface area (Å²) in [6.07, 6.45) is 0. The van der Waals surface area contributed by atoms with Crippen LogP contribution in [0.25, 0.3) is 22.2 Å². The first-order valence-corrected chi connectivity index (χ1v) is 9.26. The zero-order valence-electron chi connectivity index (χ0n) is 13.7. The number of benzene rings is 3. The number of halogens is 2. The van der Waals surface area contributed by atoms with Gasteiger partial charge in [-0.2, -0.15) is 0 Å². The van der Waals surface area contributed by atoms with Crippen molar-refractivity contribution in [1.82, 2.24) is 9.97 Å². The lowest BCUT2D eigenvalue weighted by atomic mass is 10.1. The lowest BCUT2D eigenvalue weighted by molar-refractivity contribution is 0.306. The minimum Gasteiger partial charge on any atom is -0.489 e. The molecule has 0 aliphatic rings. The molecule has 0 saturated carbocycles. The summed E-state index contributed by atoms with van der Waals surface area (Å²) in [7, 11) is 0. The molecule has 0 aliphatic carbocycles. The third-order valence-corrected chi connectivity index (χ3v) is 4.67. The van der Waals surface area contributed by atoms with Gasteiger partial charge in [0.05, 0.1) is 11.2 Å². The molecule has 0 atom stereocenters. The summed E-state index contributed by atoms with van der Waals surface area (Å²) in [6.45, 7) is 0.537. The predicted molar refractivity (Wildman–Crippen MR) is 108 cm³/mol. The molecule has 0 N–H and O–H groups in total. The average Bonchev–Trinajstić information content (AvgIpc) is 2.67. The molecule has 0 fully saturated rings. The lowest BCUT2D eigenvalue weighted by Gasteiger charge is -2.09. The fraction of sp³-hybridized carbons (Fsp3) is 0.0476. The van der Waals surface area contributed by atoms with E-state index >= 15 is 0 Å². The van der Waals surface area contributed by atoms with Crippen LogP contribution in [0.1, 0.15) is 5.56 Å². The molecular weight excluding hydrogens is 412 g/mol. The Bertz CT molecular complexity index is 1050. The molecule has 26 heavy (non-hydrogen) atoms. The van der Waals surface area contributed by atoms with Crippen LogP contribution in [0.5, 0.6) is 5.75 Å². The van der Waals surface area contributed by atoms with Gasteiger partial charge in [-0.15, -0.1) is 0 Å². The Morgan fingerprint density at radius 3 is 2.42 bits per heavy atom. The lowest BCUT2D eigenvalue weighted by Crippen LogP contribution is -1.95. The van der Waals surface area contributed by atoms with Crippen LogP contribution >= 0.6 is 27.5 Å². The van der Waals surface area contributed by atoms with E-state index in [-0.39, 0.29) is 5.28 Å². The van der Waals surface area contributed by atoms with E-state index in [1.54, 1.807) is 0 Å². The summed E-state index contributed by atoms with van der Waals surface area (Å²) in [5.74, 6) is 0.809. The highest BCUT2D eigenvalue weighted by Crippen LogP contribution is 2.30. The molecule has 0 radical (unpaired) electrons. The Morgan fingerprint density at radius 2 is 1.65 bits per heavy atom. The van der Waals surface area contributed by atoms with Crippen molar-refractivity contribution in [3.63, 3.8) is 0 Å². The van der Waals surface area contributed by atoms with Gasteiger partial charge in [0.1, 0.15) is 12.4 Å². The smallest absolute Gasteiger partial charge is 0.223 e. The standard InChI is InChI=1S/C21H14BrClN2O/c22-16-8-11-19-18(12-16)20(25-21(23)24-19)15-6-9-17(10-7-15)26-13-14-4-2-1-3-5-14/h1-12H,13H2. The van der Waals surface area contributed by atoms with Crippen molar-refractivity contribution in [3.05, 3.63) is 88.1 Å². The highest BCUT2D eigenvalue weighted by Gasteiger charge is 2.10. The zero-order chi connectivity index (χ0) is 17.9. The molecule has 1 aromatic heterocycles. The first-order valence-electron chi connectivity index (χ1n) is 8.09. The Labute approximate surface area is 164 Å². The van der Waals surface area contributed by atoms with E-state index in [1.165, 1.54) is 0 Å². The summed E-state index contributed by atoms with van der Waals surface area (Å²) in [6, 6.07) is 23.8. The maximum absolute atomic E-state index is 6.10. The van der Waals surface area contributed by atoms with E-state index in [9.17, 15) is 0 Å². The minimum absolute atomic E-state index is 0.235. The van der Waals surface area contributed by atoms with Gasteiger partial charge >= 0.3 is 0 Å². The Kier molecular flexibility index (Phi) is 4.87. The first kappa shape index (κ1) is 17.0. The summed E-state index contributed by atoms with van der Waals surface area (Å²) in [5, 5.41) is 1.18. The van der Waals surface area contributed by atoms with E-state index in [2.05, 4.69) is 25.9 Å². The predicted octanol–water partition coefficient (Wildman–Crippen LogP) is 6.29. The van der Waals surface area contributed by atoms with Gasteiger partial charge in [-0.05, 0) is 59.6 Å². The second-order valence-electron chi connectivity index (χ2n) is 5.80. The topological polar surface area (TPSA) is 35.0 Å². The van der Waals surface area contributed by atoms with Crippen LogP contribution in [0.15, 0.2) is 77.3 Å². The van der Waals surface area contributed by atoms with Gasteiger partial charge in [0.25, 0.3) is 0 Å². The molecule has 0 saturated heterocycles. The van der Waals surface area contributed by atoms with Crippen molar-refractivity contribution in [1.29, 1.82) is 0 Å². The molecule has 1 heterocycles. The third-order valence-electron chi connectivity index (χ3n) is 4.01. The van der Waals surface area contributed by atoms with E-state index in [1.807, 2.05) is 72.8 Å². The second kappa shape index (κ2) is 7.44. The molecule has 4 rings (SSSR count). The Hall–Kier alpha value is -2.43. The Balaban J connectivity index is 1.63. The van der Waals surface area contributed by atoms with Crippen LogP contribution in [0, 0.1) is 0 Å². The third kappa shape index (κ3) is 3.71. The van der Waals surface area contributed by atoms with Crippen LogP contribution in [0.4, 0.5) is 0 Å². The van der Waals surface area contributed by atoms with Gasteiger partial charge in [0, 0.05) is 15.4 Å². The molecule has 3 nitrogen and oxygen atoms in total. The van der Waals surface area contributed by atoms with Gasteiger partial charge in [-0.3, -0.25) is 0 Å². The molecule has 0 bridgehead atoms. The van der Waals surface area contributed by atoms with Crippen molar-refractivity contribution in [2.75, 3.05) is 0 Å². The number of rotatable bonds is 4. The largest absolute Gasteiger partial charge is 0.489 e. The summed E-state index contributed by atoms with van der Waals surface area (Å²) >= 11 is 9.61. The molecule has 3 aromatic carbocycles. The number of fused-ring (bicyclic) bond motifs is 1. The fourth-order valence-corrected chi connectivity index (χ4v) is 3.28. The van der Waals surface area contributed by atoms with Crippen molar-refractivity contribution in [3.8, 4) is 17.0 Å². The normalized spacial score (nSPS) is 10.8. The summed E-state index contributed by atoms with van der Waals surface area (Å²) in [5.41, 5.74) is 3.71. The number of ether oxygens (including phenoxy) is 1. The van der Waals surface area contributed by atoms with Gasteiger partial charge in [0.15, 0.2) is 0 Å². The molecule has 0 amide bonds. The monoisotopic (exact) mass is 424 g/mol. The van der Waals surface area contributed by atoms with Crippen molar-refractivity contribution >= 4 is 38.4 Å². The number of nitrogens with zero attached hydrogens (tertiary/aromatic N) is 2. The highest BCUT2D eigenvalue weighted by atomic mass is 79.9. The van der Waals surface area contributed by atoms with Crippen molar-refractivity contribution < 1.29 is 4.74 Å². The minimum atomic E-state index is 0.235. The maximum atomic E-state index is 6.10. The molecule has 0 spiro atoms. The first-order chi connectivity index (χ1) is 12.7.